The van der Waals surface area contributed by atoms with E-state index < -0.39 is 7.25 Å². The van der Waals surface area contributed by atoms with Crippen molar-refractivity contribution in [2.24, 2.45) is 0 Å². The lowest BCUT2D eigenvalue weighted by molar-refractivity contribution is -0.817. The number of nitrogens with zero attached hydrogens (tertiary/aromatic N) is 1. The second-order valence-corrected chi connectivity index (χ2v) is 3.54. The van der Waals surface area contributed by atoms with Crippen LogP contribution in [0.3, 0.4) is 0 Å². The summed E-state index contributed by atoms with van der Waals surface area (Å²) < 4.78 is 39.7. The molecule has 0 amide bonds. The van der Waals surface area contributed by atoms with E-state index in [2.05, 4.69) is 0 Å². The van der Waals surface area contributed by atoms with Crippen molar-refractivity contribution in [1.29, 1.82) is 0 Å². The summed E-state index contributed by atoms with van der Waals surface area (Å²) in [6.45, 7) is 1.55. The maximum Gasteiger partial charge on any atom is 0.673 e. The highest BCUT2D eigenvalue weighted by atomic mass is 19.5. The Labute approximate surface area is 80.9 Å². The molecular formula is C7H14BF4NO. The van der Waals surface area contributed by atoms with Crippen LogP contribution in [0.1, 0.15) is 6.92 Å². The molecule has 0 fully saturated rings. The Morgan fingerprint density at radius 2 is 1.43 bits per heavy atom. The highest BCUT2D eigenvalue weighted by molar-refractivity contribution is 6.50. The third kappa shape index (κ3) is 43.3. The predicted octanol–water partition coefficient (Wildman–Crippen LogP) is 2.10. The number of hydrogen-bond acceptors (Lipinski definition) is 1. The Balaban J connectivity index is 0. The fraction of sp³-hybridized carbons (Fsp3) is 0.571. The van der Waals surface area contributed by atoms with Crippen molar-refractivity contribution < 1.29 is 26.5 Å². The second-order valence-electron chi connectivity index (χ2n) is 3.54. The van der Waals surface area contributed by atoms with Crippen molar-refractivity contribution in [3.8, 4) is 0 Å². The van der Waals surface area contributed by atoms with Gasteiger partial charge in [-0.3, -0.25) is 4.79 Å². The van der Waals surface area contributed by atoms with Crippen molar-refractivity contribution in [2.45, 2.75) is 6.92 Å². The molecule has 7 heteroatoms. The zero-order chi connectivity index (χ0) is 12.0. The van der Waals surface area contributed by atoms with Gasteiger partial charge in [0.2, 0.25) is 0 Å². The van der Waals surface area contributed by atoms with Gasteiger partial charge in [0.15, 0.2) is 5.78 Å². The van der Waals surface area contributed by atoms with Gasteiger partial charge in [-0.05, 0) is 6.92 Å². The zero-order valence-corrected chi connectivity index (χ0v) is 8.60. The molecule has 0 rings (SSSR count). The van der Waals surface area contributed by atoms with Crippen molar-refractivity contribution in [1.82, 2.24) is 0 Å². The third-order valence-electron chi connectivity index (χ3n) is 0.756. The van der Waals surface area contributed by atoms with E-state index in [1.807, 2.05) is 27.3 Å². The summed E-state index contributed by atoms with van der Waals surface area (Å²) in [6.07, 6.45) is 3.43. The second kappa shape index (κ2) is 5.80. The standard InChI is InChI=1S/C7H14NO.BF4/c1-7(9)5-6-8(2,3)4;2-1(3,4)5/h5-6H,1-4H3;/q+1;-1/b6-5-;. The maximum absolute atomic E-state index is 10.4. The van der Waals surface area contributed by atoms with Crippen molar-refractivity contribution in [3.63, 3.8) is 0 Å². The molecule has 0 atom stereocenters. The molecule has 2 nitrogen and oxygen atoms in total. The van der Waals surface area contributed by atoms with Gasteiger partial charge in [0.25, 0.3) is 0 Å². The molecule has 0 radical (unpaired) electrons. The minimum Gasteiger partial charge on any atom is -0.418 e. The lowest BCUT2D eigenvalue weighted by Gasteiger charge is -2.16. The first kappa shape index (κ1) is 15.6. The van der Waals surface area contributed by atoms with Crippen LogP contribution in [-0.2, 0) is 4.79 Å². The number of carbonyl (C=O) groups excluding carboxylic acids is 1. The van der Waals surface area contributed by atoms with E-state index in [1.54, 1.807) is 13.0 Å². The average molecular weight is 215 g/mol. The first-order valence-corrected chi connectivity index (χ1v) is 3.80. The van der Waals surface area contributed by atoms with Crippen LogP contribution in [0.4, 0.5) is 17.3 Å². The summed E-state index contributed by atoms with van der Waals surface area (Å²) in [6, 6.07) is 0. The van der Waals surface area contributed by atoms with Gasteiger partial charge >= 0.3 is 7.25 Å². The Hall–Kier alpha value is -0.845. The van der Waals surface area contributed by atoms with Crippen molar-refractivity contribution >= 4 is 13.0 Å². The number of halogens is 4. The number of hydrogen-bond donors (Lipinski definition) is 0. The monoisotopic (exact) mass is 215 g/mol. The van der Waals surface area contributed by atoms with Gasteiger partial charge in [-0.2, -0.15) is 0 Å². The summed E-state index contributed by atoms with van der Waals surface area (Å²) in [5.74, 6) is 0.100. The Morgan fingerprint density at radius 3 is 1.50 bits per heavy atom. The van der Waals surface area contributed by atoms with Gasteiger partial charge in [-0.15, -0.1) is 0 Å². The number of ketones is 1. The van der Waals surface area contributed by atoms with E-state index in [-0.39, 0.29) is 5.78 Å². The van der Waals surface area contributed by atoms with Crippen LogP contribution in [0.5, 0.6) is 0 Å². The van der Waals surface area contributed by atoms with E-state index >= 15 is 0 Å². The van der Waals surface area contributed by atoms with Gasteiger partial charge in [0.05, 0.1) is 27.3 Å². The molecular weight excluding hydrogens is 201 g/mol. The molecule has 84 valence electrons. The molecule has 0 spiro atoms. The first-order valence-electron chi connectivity index (χ1n) is 3.80. The molecule has 0 aliphatic carbocycles. The van der Waals surface area contributed by atoms with E-state index in [1.165, 1.54) is 0 Å². The molecule has 0 saturated heterocycles. The van der Waals surface area contributed by atoms with Crippen LogP contribution in [0, 0.1) is 0 Å². The average Bonchev–Trinajstić information content (AvgIpc) is 1.77. The Bertz CT molecular complexity index is 201. The number of rotatable bonds is 2. The van der Waals surface area contributed by atoms with E-state index in [0.29, 0.717) is 4.48 Å². The fourth-order valence-electron chi connectivity index (χ4n) is 0.329. The van der Waals surface area contributed by atoms with Crippen LogP contribution < -0.4 is 0 Å². The normalized spacial score (nSPS) is 12.3. The molecule has 0 aromatic heterocycles. The van der Waals surface area contributed by atoms with Gasteiger partial charge in [-0.25, -0.2) is 0 Å². The smallest absolute Gasteiger partial charge is 0.418 e. The zero-order valence-electron chi connectivity index (χ0n) is 8.60. The molecule has 0 aromatic carbocycles. The Morgan fingerprint density at radius 1 is 1.14 bits per heavy atom. The number of quaternary nitrogens is 1. The highest BCUT2D eigenvalue weighted by Gasteiger charge is 2.20. The molecule has 0 bridgehead atoms. The van der Waals surface area contributed by atoms with Crippen LogP contribution in [0.25, 0.3) is 0 Å². The number of allylic oxidation sites excluding steroid dienone is 1. The molecule has 0 unspecified atom stereocenters. The summed E-state index contributed by atoms with van der Waals surface area (Å²) in [5, 5.41) is 0. The fourth-order valence-corrected chi connectivity index (χ4v) is 0.329. The Kier molecular flexibility index (Phi) is 6.47. The van der Waals surface area contributed by atoms with E-state index in [9.17, 15) is 22.1 Å². The topological polar surface area (TPSA) is 17.1 Å². The highest BCUT2D eigenvalue weighted by Crippen LogP contribution is 2.06. The predicted molar refractivity (Wildman–Crippen MR) is 48.0 cm³/mol. The summed E-state index contributed by atoms with van der Waals surface area (Å²) in [4.78, 5) is 10.4. The lowest BCUT2D eigenvalue weighted by atomic mass is 10.3. The maximum atomic E-state index is 10.4. The quantitative estimate of drug-likeness (QED) is 0.298. The summed E-state index contributed by atoms with van der Waals surface area (Å²) in [5.41, 5.74) is 0. The number of carbonyl (C=O) groups is 1. The molecule has 0 heterocycles. The molecule has 0 saturated carbocycles. The minimum absolute atomic E-state index is 0.100. The lowest BCUT2D eigenvalue weighted by Crippen LogP contribution is -2.26. The van der Waals surface area contributed by atoms with Crippen molar-refractivity contribution in [3.05, 3.63) is 12.3 Å². The first-order chi connectivity index (χ1) is 5.92. The molecule has 0 N–H and O–H groups in total. The van der Waals surface area contributed by atoms with Crippen LogP contribution in [-0.4, -0.2) is 38.7 Å². The van der Waals surface area contributed by atoms with Gasteiger partial charge in [0, 0.05) is 6.08 Å². The van der Waals surface area contributed by atoms with E-state index in [4.69, 9.17) is 0 Å². The van der Waals surface area contributed by atoms with Crippen LogP contribution in [0.2, 0.25) is 0 Å². The van der Waals surface area contributed by atoms with Crippen molar-refractivity contribution in [2.75, 3.05) is 21.1 Å². The van der Waals surface area contributed by atoms with Crippen LogP contribution in [0.15, 0.2) is 12.3 Å². The van der Waals surface area contributed by atoms with Gasteiger partial charge < -0.3 is 21.7 Å². The molecule has 14 heavy (non-hydrogen) atoms. The van der Waals surface area contributed by atoms with Gasteiger partial charge in [0.1, 0.15) is 0 Å². The minimum atomic E-state index is -6.00. The van der Waals surface area contributed by atoms with Crippen LogP contribution >= 0.6 is 0 Å². The molecule has 0 aromatic rings. The summed E-state index contributed by atoms with van der Waals surface area (Å²) >= 11 is 0. The largest absolute Gasteiger partial charge is 0.673 e. The third-order valence-corrected chi connectivity index (χ3v) is 0.756. The van der Waals surface area contributed by atoms with Gasteiger partial charge in [-0.1, -0.05) is 0 Å². The summed E-state index contributed by atoms with van der Waals surface area (Å²) in [7, 11) is -0.00167. The molecule has 0 aliphatic heterocycles. The van der Waals surface area contributed by atoms with E-state index in [0.717, 1.165) is 0 Å². The SMILES string of the molecule is CC(=O)/C=C\[N+](C)(C)C.F[B-](F)(F)F. The molecule has 0 aliphatic rings.